The van der Waals surface area contributed by atoms with Gasteiger partial charge in [-0.15, -0.1) is 11.3 Å². The summed E-state index contributed by atoms with van der Waals surface area (Å²) < 4.78 is 23.6. The van der Waals surface area contributed by atoms with Crippen molar-refractivity contribution in [1.29, 1.82) is 0 Å². The van der Waals surface area contributed by atoms with Gasteiger partial charge in [0, 0.05) is 33.4 Å². The second kappa shape index (κ2) is 9.25. The number of nitrogens with zero attached hydrogens (tertiary/aromatic N) is 1. The van der Waals surface area contributed by atoms with Crippen LogP contribution in [-0.4, -0.2) is 43.3 Å². The molecule has 1 unspecified atom stereocenters. The molecule has 1 aromatic heterocycles. The molecule has 1 atom stereocenters. The van der Waals surface area contributed by atoms with E-state index in [1.54, 1.807) is 22.3 Å². The molecule has 1 aliphatic heterocycles. The molecule has 150 valence electrons. The first-order valence-corrected chi connectivity index (χ1v) is 12.4. The predicted octanol–water partition coefficient (Wildman–Crippen LogP) is 4.90. The Morgan fingerprint density at radius 3 is 2.64 bits per heavy atom. The van der Waals surface area contributed by atoms with E-state index in [9.17, 15) is 13.2 Å². The molecule has 1 aromatic carbocycles. The standard InChI is InChI=1S/C21H24ClNO3S2/c1-2-3-13-23(18-12-14-28(25,26)15-18)21(24)11-9-19-8-10-20(27-19)16-4-6-17(22)7-5-16/h4-11,18H,2-3,12-15H2,1H3. The zero-order valence-electron chi connectivity index (χ0n) is 15.8. The van der Waals surface area contributed by atoms with Crippen LogP contribution in [0.25, 0.3) is 16.5 Å². The number of thiophene rings is 1. The maximum Gasteiger partial charge on any atom is 0.246 e. The summed E-state index contributed by atoms with van der Waals surface area (Å²) >= 11 is 7.54. The van der Waals surface area contributed by atoms with Gasteiger partial charge < -0.3 is 4.90 Å². The van der Waals surface area contributed by atoms with E-state index in [2.05, 4.69) is 6.92 Å². The molecule has 2 aromatic rings. The normalized spacial score (nSPS) is 18.6. The first-order valence-electron chi connectivity index (χ1n) is 9.43. The minimum Gasteiger partial charge on any atom is -0.335 e. The number of halogens is 1. The average molecular weight is 438 g/mol. The van der Waals surface area contributed by atoms with Crippen molar-refractivity contribution in [3.63, 3.8) is 0 Å². The molecule has 0 bridgehead atoms. The number of hydrogen-bond donors (Lipinski definition) is 0. The lowest BCUT2D eigenvalue weighted by molar-refractivity contribution is -0.127. The van der Waals surface area contributed by atoms with Crippen molar-refractivity contribution in [3.05, 3.63) is 52.4 Å². The van der Waals surface area contributed by atoms with Crippen molar-refractivity contribution < 1.29 is 13.2 Å². The SMILES string of the molecule is CCCCN(C(=O)C=Cc1ccc(-c2ccc(Cl)cc2)s1)C1CCS(=O)(=O)C1. The molecule has 0 aliphatic carbocycles. The molecule has 1 amide bonds. The van der Waals surface area contributed by atoms with Crippen LogP contribution in [0.5, 0.6) is 0 Å². The van der Waals surface area contributed by atoms with E-state index in [1.165, 1.54) is 0 Å². The number of rotatable bonds is 7. The van der Waals surface area contributed by atoms with Gasteiger partial charge in [0.1, 0.15) is 0 Å². The molecular formula is C21H24ClNO3S2. The number of carbonyl (C=O) groups is 1. The van der Waals surface area contributed by atoms with E-state index in [-0.39, 0.29) is 23.5 Å². The summed E-state index contributed by atoms with van der Waals surface area (Å²) in [6.07, 6.45) is 5.75. The second-order valence-electron chi connectivity index (χ2n) is 6.98. The van der Waals surface area contributed by atoms with E-state index >= 15 is 0 Å². The predicted molar refractivity (Wildman–Crippen MR) is 117 cm³/mol. The Hall–Kier alpha value is -1.63. The van der Waals surface area contributed by atoms with Crippen molar-refractivity contribution in [2.75, 3.05) is 18.1 Å². The quantitative estimate of drug-likeness (QED) is 0.579. The third-order valence-electron chi connectivity index (χ3n) is 4.83. The highest BCUT2D eigenvalue weighted by Crippen LogP contribution is 2.30. The van der Waals surface area contributed by atoms with Crippen molar-refractivity contribution in [1.82, 2.24) is 4.90 Å². The van der Waals surface area contributed by atoms with Gasteiger partial charge >= 0.3 is 0 Å². The zero-order valence-corrected chi connectivity index (χ0v) is 18.2. The number of sulfone groups is 1. The number of benzene rings is 1. The molecule has 0 N–H and O–H groups in total. The van der Waals surface area contributed by atoms with Gasteiger partial charge in [-0.3, -0.25) is 4.79 Å². The topological polar surface area (TPSA) is 54.5 Å². The molecule has 28 heavy (non-hydrogen) atoms. The molecule has 0 saturated carbocycles. The Morgan fingerprint density at radius 1 is 1.25 bits per heavy atom. The fourth-order valence-electron chi connectivity index (χ4n) is 3.28. The lowest BCUT2D eigenvalue weighted by atomic mass is 10.2. The van der Waals surface area contributed by atoms with E-state index in [4.69, 9.17) is 11.6 Å². The molecule has 1 aliphatic rings. The van der Waals surface area contributed by atoms with Gasteiger partial charge in [-0.05, 0) is 48.7 Å². The molecule has 1 fully saturated rings. The van der Waals surface area contributed by atoms with E-state index < -0.39 is 9.84 Å². The van der Waals surface area contributed by atoms with Crippen LogP contribution in [0.15, 0.2) is 42.5 Å². The Morgan fingerprint density at radius 2 is 2.00 bits per heavy atom. The Labute approximate surface area is 175 Å². The fraction of sp³-hybridized carbons (Fsp3) is 0.381. The van der Waals surface area contributed by atoms with E-state index in [1.807, 2.05) is 42.5 Å². The lowest BCUT2D eigenvalue weighted by Gasteiger charge is -2.27. The highest BCUT2D eigenvalue weighted by atomic mass is 35.5. The number of amides is 1. The Kier molecular flexibility index (Phi) is 6.96. The highest BCUT2D eigenvalue weighted by Gasteiger charge is 2.33. The van der Waals surface area contributed by atoms with Crippen LogP contribution in [-0.2, 0) is 14.6 Å². The molecule has 1 saturated heterocycles. The van der Waals surface area contributed by atoms with Gasteiger partial charge in [-0.2, -0.15) is 0 Å². The van der Waals surface area contributed by atoms with Crippen LogP contribution >= 0.6 is 22.9 Å². The molecule has 0 spiro atoms. The van der Waals surface area contributed by atoms with Crippen LogP contribution < -0.4 is 0 Å². The summed E-state index contributed by atoms with van der Waals surface area (Å²) in [6.45, 7) is 2.66. The first-order chi connectivity index (χ1) is 13.4. The van der Waals surface area contributed by atoms with Gasteiger partial charge in [-0.1, -0.05) is 37.1 Å². The summed E-state index contributed by atoms with van der Waals surface area (Å²) in [5, 5.41) is 0.701. The van der Waals surface area contributed by atoms with Crippen LogP contribution in [0.4, 0.5) is 0 Å². The molecule has 0 radical (unpaired) electrons. The summed E-state index contributed by atoms with van der Waals surface area (Å²) in [4.78, 5) is 16.6. The van der Waals surface area contributed by atoms with Crippen LogP contribution in [0.2, 0.25) is 5.02 Å². The first kappa shape index (κ1) is 21.1. The third-order valence-corrected chi connectivity index (χ3v) is 7.93. The van der Waals surface area contributed by atoms with Gasteiger partial charge in [0.05, 0.1) is 11.5 Å². The molecule has 4 nitrogen and oxygen atoms in total. The number of carbonyl (C=O) groups excluding carboxylic acids is 1. The van der Waals surface area contributed by atoms with Crippen LogP contribution in [0, 0.1) is 0 Å². The van der Waals surface area contributed by atoms with E-state index in [0.29, 0.717) is 18.0 Å². The summed E-state index contributed by atoms with van der Waals surface area (Å²) in [5.74, 6) is 0.139. The summed E-state index contributed by atoms with van der Waals surface area (Å²) in [7, 11) is -3.02. The lowest BCUT2D eigenvalue weighted by Crippen LogP contribution is -2.40. The molecule has 7 heteroatoms. The third kappa shape index (κ3) is 5.46. The number of hydrogen-bond acceptors (Lipinski definition) is 4. The summed E-state index contributed by atoms with van der Waals surface area (Å²) in [5.41, 5.74) is 1.08. The van der Waals surface area contributed by atoms with Gasteiger partial charge in [0.2, 0.25) is 5.91 Å². The van der Waals surface area contributed by atoms with Crippen LogP contribution in [0.3, 0.4) is 0 Å². The molecule has 3 rings (SSSR count). The van der Waals surface area contributed by atoms with Gasteiger partial charge in [0.25, 0.3) is 0 Å². The van der Waals surface area contributed by atoms with Crippen LogP contribution in [0.1, 0.15) is 31.1 Å². The minimum absolute atomic E-state index is 0.0794. The molecule has 2 heterocycles. The van der Waals surface area contributed by atoms with Crippen molar-refractivity contribution in [3.8, 4) is 10.4 Å². The smallest absolute Gasteiger partial charge is 0.246 e. The Balaban J connectivity index is 1.70. The van der Waals surface area contributed by atoms with Crippen molar-refractivity contribution >= 4 is 44.8 Å². The average Bonchev–Trinajstić information content (AvgIpc) is 3.27. The van der Waals surface area contributed by atoms with E-state index in [0.717, 1.165) is 28.2 Å². The monoisotopic (exact) mass is 437 g/mol. The number of unbranched alkanes of at least 4 members (excludes halogenated alkanes) is 1. The maximum atomic E-state index is 12.8. The van der Waals surface area contributed by atoms with Crippen molar-refractivity contribution in [2.45, 2.75) is 32.2 Å². The van der Waals surface area contributed by atoms with Gasteiger partial charge in [-0.25, -0.2) is 8.42 Å². The van der Waals surface area contributed by atoms with Crippen molar-refractivity contribution in [2.24, 2.45) is 0 Å². The Bertz CT molecular complexity index is 948. The maximum absolute atomic E-state index is 12.8. The second-order valence-corrected chi connectivity index (χ2v) is 10.8. The highest BCUT2D eigenvalue weighted by molar-refractivity contribution is 7.91. The summed E-state index contributed by atoms with van der Waals surface area (Å²) in [6, 6.07) is 11.5. The van der Waals surface area contributed by atoms with Gasteiger partial charge in [0.15, 0.2) is 9.84 Å². The zero-order chi connectivity index (χ0) is 20.1. The fourth-order valence-corrected chi connectivity index (χ4v) is 6.06. The minimum atomic E-state index is -3.02. The molecular weight excluding hydrogens is 414 g/mol. The largest absolute Gasteiger partial charge is 0.335 e.